The second-order valence-corrected chi connectivity index (χ2v) is 5.93. The van der Waals surface area contributed by atoms with E-state index in [4.69, 9.17) is 4.74 Å². The van der Waals surface area contributed by atoms with Crippen molar-refractivity contribution in [3.8, 4) is 5.75 Å². The lowest BCUT2D eigenvalue weighted by molar-refractivity contribution is 0.238. The van der Waals surface area contributed by atoms with Gasteiger partial charge in [-0.25, -0.2) is 4.79 Å². The predicted molar refractivity (Wildman–Crippen MR) is 103 cm³/mol. The quantitative estimate of drug-likeness (QED) is 0.700. The number of benzene rings is 3. The molecule has 0 aromatic heterocycles. The van der Waals surface area contributed by atoms with Crippen LogP contribution in [0, 0.1) is 0 Å². The Bertz CT molecular complexity index is 796. The molecule has 0 unspecified atom stereocenters. The van der Waals surface area contributed by atoms with Crippen LogP contribution in [0.3, 0.4) is 0 Å². The maximum Gasteiger partial charge on any atom is 0.315 e. The number of methoxy groups -OCH3 is 1. The number of nitrogens with one attached hydrogen (secondary N) is 2. The molecule has 0 saturated heterocycles. The van der Waals surface area contributed by atoms with Crippen LogP contribution in [0.15, 0.2) is 84.9 Å². The molecule has 3 rings (SSSR count). The summed E-state index contributed by atoms with van der Waals surface area (Å²) in [6, 6.07) is 27.1. The van der Waals surface area contributed by atoms with Crippen LogP contribution in [-0.2, 0) is 6.54 Å². The number of urea groups is 1. The third-order valence-electron chi connectivity index (χ3n) is 4.13. The van der Waals surface area contributed by atoms with Crippen LogP contribution in [0.5, 0.6) is 5.75 Å². The highest BCUT2D eigenvalue weighted by molar-refractivity contribution is 5.75. The third-order valence-corrected chi connectivity index (χ3v) is 4.13. The van der Waals surface area contributed by atoms with Crippen LogP contribution >= 0.6 is 0 Å². The molecule has 0 radical (unpaired) electrons. The third kappa shape index (κ3) is 4.63. The van der Waals surface area contributed by atoms with E-state index in [2.05, 4.69) is 10.6 Å². The Labute approximate surface area is 153 Å². The van der Waals surface area contributed by atoms with Gasteiger partial charge in [0.15, 0.2) is 0 Å². The summed E-state index contributed by atoms with van der Waals surface area (Å²) in [6.07, 6.45) is 0. The van der Waals surface area contributed by atoms with Gasteiger partial charge in [-0.2, -0.15) is 0 Å². The van der Waals surface area contributed by atoms with Gasteiger partial charge >= 0.3 is 6.03 Å². The molecular weight excluding hydrogens is 324 g/mol. The predicted octanol–water partition coefficient (Wildman–Crippen LogP) is 4.28. The van der Waals surface area contributed by atoms with E-state index in [1.807, 2.05) is 84.9 Å². The molecule has 2 amide bonds. The van der Waals surface area contributed by atoms with Crippen LogP contribution in [-0.4, -0.2) is 13.1 Å². The average molecular weight is 346 g/mol. The van der Waals surface area contributed by atoms with Crippen molar-refractivity contribution in [3.63, 3.8) is 0 Å². The van der Waals surface area contributed by atoms with Crippen LogP contribution in [0.1, 0.15) is 22.7 Å². The van der Waals surface area contributed by atoms with Gasteiger partial charge in [0.2, 0.25) is 0 Å². The lowest BCUT2D eigenvalue weighted by Crippen LogP contribution is -2.38. The maximum atomic E-state index is 12.5. The van der Waals surface area contributed by atoms with Gasteiger partial charge in [0.05, 0.1) is 13.2 Å². The van der Waals surface area contributed by atoms with E-state index in [1.165, 1.54) is 0 Å². The molecule has 3 aromatic carbocycles. The van der Waals surface area contributed by atoms with E-state index in [9.17, 15) is 4.79 Å². The first-order valence-corrected chi connectivity index (χ1v) is 8.53. The molecule has 2 N–H and O–H groups in total. The van der Waals surface area contributed by atoms with Crippen molar-refractivity contribution >= 4 is 6.03 Å². The molecule has 26 heavy (non-hydrogen) atoms. The molecule has 4 heteroatoms. The van der Waals surface area contributed by atoms with Crippen molar-refractivity contribution in [3.05, 3.63) is 102 Å². The molecule has 0 fully saturated rings. The minimum Gasteiger partial charge on any atom is -0.497 e. The smallest absolute Gasteiger partial charge is 0.315 e. The van der Waals surface area contributed by atoms with E-state index in [1.54, 1.807) is 7.11 Å². The molecule has 0 saturated carbocycles. The van der Waals surface area contributed by atoms with Crippen LogP contribution in [0.2, 0.25) is 0 Å². The number of hydrogen-bond donors (Lipinski definition) is 2. The van der Waals surface area contributed by atoms with E-state index < -0.39 is 0 Å². The molecule has 0 aliphatic heterocycles. The Morgan fingerprint density at radius 3 is 2.08 bits per heavy atom. The molecule has 0 heterocycles. The molecule has 0 spiro atoms. The van der Waals surface area contributed by atoms with Gasteiger partial charge in [-0.1, -0.05) is 72.8 Å². The first kappa shape index (κ1) is 17.5. The number of carbonyl (C=O) groups is 1. The summed E-state index contributed by atoms with van der Waals surface area (Å²) in [6.45, 7) is 0.430. The fraction of sp³-hybridized carbons (Fsp3) is 0.136. The van der Waals surface area contributed by atoms with Crippen molar-refractivity contribution in [1.29, 1.82) is 0 Å². The number of hydrogen-bond acceptors (Lipinski definition) is 2. The van der Waals surface area contributed by atoms with E-state index >= 15 is 0 Å². The van der Waals surface area contributed by atoms with Gasteiger partial charge in [0.25, 0.3) is 0 Å². The molecule has 4 nitrogen and oxygen atoms in total. The number of rotatable bonds is 6. The highest BCUT2D eigenvalue weighted by Gasteiger charge is 2.16. The van der Waals surface area contributed by atoms with E-state index in [0.717, 1.165) is 22.4 Å². The molecule has 132 valence electrons. The Hall–Kier alpha value is -3.27. The van der Waals surface area contributed by atoms with Gasteiger partial charge < -0.3 is 15.4 Å². The Kier molecular flexibility index (Phi) is 5.88. The zero-order valence-corrected chi connectivity index (χ0v) is 14.7. The molecular formula is C22H22N2O2. The molecule has 3 aromatic rings. The maximum absolute atomic E-state index is 12.5. The summed E-state index contributed by atoms with van der Waals surface area (Å²) in [5.74, 6) is 0.774. The summed E-state index contributed by atoms with van der Waals surface area (Å²) in [5.41, 5.74) is 3.06. The minimum atomic E-state index is -0.217. The lowest BCUT2D eigenvalue weighted by atomic mass is 9.99. The lowest BCUT2D eigenvalue weighted by Gasteiger charge is -2.20. The van der Waals surface area contributed by atoms with Crippen LogP contribution in [0.25, 0.3) is 0 Å². The summed E-state index contributed by atoms with van der Waals surface area (Å²) in [4.78, 5) is 12.5. The van der Waals surface area contributed by atoms with Crippen LogP contribution in [0.4, 0.5) is 4.79 Å². The first-order chi connectivity index (χ1) is 12.8. The van der Waals surface area contributed by atoms with Crippen molar-refractivity contribution in [2.75, 3.05) is 7.11 Å². The second kappa shape index (κ2) is 8.72. The summed E-state index contributed by atoms with van der Waals surface area (Å²) < 4.78 is 5.21. The zero-order valence-electron chi connectivity index (χ0n) is 14.7. The normalized spacial score (nSPS) is 10.4. The van der Waals surface area contributed by atoms with Gasteiger partial charge in [0.1, 0.15) is 5.75 Å². The van der Waals surface area contributed by atoms with E-state index in [0.29, 0.717) is 6.54 Å². The van der Waals surface area contributed by atoms with Crippen LogP contribution < -0.4 is 15.4 Å². The topological polar surface area (TPSA) is 50.4 Å². The van der Waals surface area contributed by atoms with Gasteiger partial charge in [0, 0.05) is 6.54 Å². The minimum absolute atomic E-state index is 0.206. The highest BCUT2D eigenvalue weighted by atomic mass is 16.5. The number of ether oxygens (including phenoxy) is 1. The van der Waals surface area contributed by atoms with Crippen molar-refractivity contribution in [1.82, 2.24) is 10.6 Å². The molecule has 0 atom stereocenters. The van der Waals surface area contributed by atoms with Gasteiger partial charge in [-0.05, 0) is 28.8 Å². The summed E-state index contributed by atoms with van der Waals surface area (Å²) in [5, 5.41) is 5.98. The average Bonchev–Trinajstić information content (AvgIpc) is 2.72. The zero-order chi connectivity index (χ0) is 18.2. The Morgan fingerprint density at radius 2 is 1.50 bits per heavy atom. The number of carbonyl (C=O) groups excluding carboxylic acids is 1. The largest absolute Gasteiger partial charge is 0.497 e. The number of amides is 2. The monoisotopic (exact) mass is 346 g/mol. The molecule has 0 bridgehead atoms. The van der Waals surface area contributed by atoms with Crippen molar-refractivity contribution in [2.45, 2.75) is 12.6 Å². The fourth-order valence-corrected chi connectivity index (χ4v) is 2.80. The standard InChI is InChI=1S/C22H22N2O2/c1-26-20-14-8-9-17(15-20)16-23-22(25)24-21(18-10-4-2-5-11-18)19-12-6-3-7-13-19/h2-15,21H,16H2,1H3,(H2,23,24,25). The van der Waals surface area contributed by atoms with E-state index in [-0.39, 0.29) is 12.1 Å². The Balaban J connectivity index is 1.69. The Morgan fingerprint density at radius 1 is 0.885 bits per heavy atom. The SMILES string of the molecule is COc1cccc(CNC(=O)NC(c2ccccc2)c2ccccc2)c1. The summed E-state index contributed by atoms with van der Waals surface area (Å²) >= 11 is 0. The van der Waals surface area contributed by atoms with Crippen molar-refractivity contribution in [2.24, 2.45) is 0 Å². The first-order valence-electron chi connectivity index (χ1n) is 8.53. The summed E-state index contributed by atoms with van der Waals surface area (Å²) in [7, 11) is 1.63. The molecule has 0 aliphatic rings. The second-order valence-electron chi connectivity index (χ2n) is 5.93. The van der Waals surface area contributed by atoms with Gasteiger partial charge in [-0.15, -0.1) is 0 Å². The fourth-order valence-electron chi connectivity index (χ4n) is 2.80. The van der Waals surface area contributed by atoms with Crippen molar-refractivity contribution < 1.29 is 9.53 Å². The highest BCUT2D eigenvalue weighted by Crippen LogP contribution is 2.21. The van der Waals surface area contributed by atoms with Gasteiger partial charge in [-0.3, -0.25) is 0 Å². The molecule has 0 aliphatic carbocycles.